The molecule has 19 heavy (non-hydrogen) atoms. The zero-order valence-corrected chi connectivity index (χ0v) is 12.5. The zero-order chi connectivity index (χ0) is 13.8. The minimum absolute atomic E-state index is 0.142. The van der Waals surface area contributed by atoms with Crippen LogP contribution < -0.4 is 0 Å². The molecule has 2 fully saturated rings. The van der Waals surface area contributed by atoms with Crippen molar-refractivity contribution in [2.75, 3.05) is 0 Å². The molecule has 2 saturated carbocycles. The summed E-state index contributed by atoms with van der Waals surface area (Å²) in [5.41, 5.74) is 0. The van der Waals surface area contributed by atoms with Gasteiger partial charge in [0, 0.05) is 5.92 Å². The summed E-state index contributed by atoms with van der Waals surface area (Å²) >= 11 is 0. The van der Waals surface area contributed by atoms with E-state index in [9.17, 15) is 10.2 Å². The third-order valence-corrected chi connectivity index (χ3v) is 5.34. The molecule has 0 saturated heterocycles. The largest absolute Gasteiger partial charge is 0.393 e. The van der Waals surface area contributed by atoms with E-state index in [0.717, 1.165) is 31.6 Å². The van der Waals surface area contributed by atoms with Gasteiger partial charge in [-0.2, -0.15) is 0 Å². The fourth-order valence-corrected chi connectivity index (χ4v) is 4.14. The van der Waals surface area contributed by atoms with Gasteiger partial charge < -0.3 is 10.2 Å². The smallest absolute Gasteiger partial charge is 0.0608 e. The Hall–Kier alpha value is -0.340. The van der Waals surface area contributed by atoms with Gasteiger partial charge >= 0.3 is 0 Å². The van der Waals surface area contributed by atoms with Crippen molar-refractivity contribution in [1.82, 2.24) is 0 Å². The monoisotopic (exact) mass is 266 g/mol. The normalized spacial score (nSPS) is 37.7. The lowest BCUT2D eigenvalue weighted by Crippen LogP contribution is -2.18. The van der Waals surface area contributed by atoms with Gasteiger partial charge in [0.1, 0.15) is 0 Å². The first-order valence-corrected chi connectivity index (χ1v) is 8.16. The van der Waals surface area contributed by atoms with E-state index in [2.05, 4.69) is 26.0 Å². The van der Waals surface area contributed by atoms with Crippen molar-refractivity contribution >= 4 is 0 Å². The summed E-state index contributed by atoms with van der Waals surface area (Å²) in [7, 11) is 0. The molecule has 0 aliphatic heterocycles. The zero-order valence-electron chi connectivity index (χ0n) is 12.5. The maximum absolute atomic E-state index is 10.1. The Labute approximate surface area is 117 Å². The van der Waals surface area contributed by atoms with E-state index in [-0.39, 0.29) is 12.2 Å². The van der Waals surface area contributed by atoms with Crippen molar-refractivity contribution in [2.45, 2.75) is 71.0 Å². The van der Waals surface area contributed by atoms with Gasteiger partial charge in [0.05, 0.1) is 12.2 Å². The highest BCUT2D eigenvalue weighted by atomic mass is 16.3. The number of rotatable bonds is 6. The molecule has 2 aliphatic rings. The van der Waals surface area contributed by atoms with Crippen LogP contribution in [0.25, 0.3) is 0 Å². The van der Waals surface area contributed by atoms with Gasteiger partial charge in [-0.15, -0.1) is 0 Å². The molecule has 6 atom stereocenters. The SMILES string of the molecule is CCCC(C)C(O)CC=C[C@H]1[C@H]2CCC[C@H]2C[C@H]1O. The van der Waals surface area contributed by atoms with Gasteiger partial charge in [0.25, 0.3) is 0 Å². The van der Waals surface area contributed by atoms with E-state index in [1.165, 1.54) is 19.3 Å². The van der Waals surface area contributed by atoms with Crippen LogP contribution in [0.15, 0.2) is 12.2 Å². The number of hydrogen-bond donors (Lipinski definition) is 2. The Morgan fingerprint density at radius 1 is 1.32 bits per heavy atom. The van der Waals surface area contributed by atoms with E-state index < -0.39 is 0 Å². The Bertz CT molecular complexity index is 300. The maximum Gasteiger partial charge on any atom is 0.0608 e. The third-order valence-electron chi connectivity index (χ3n) is 5.34. The van der Waals surface area contributed by atoms with Crippen molar-refractivity contribution in [1.29, 1.82) is 0 Å². The first-order chi connectivity index (χ1) is 9.13. The Kier molecular flexibility index (Phi) is 5.47. The first kappa shape index (κ1) is 15.1. The summed E-state index contributed by atoms with van der Waals surface area (Å²) in [6, 6.07) is 0. The Balaban J connectivity index is 1.81. The van der Waals surface area contributed by atoms with Crippen LogP contribution in [-0.2, 0) is 0 Å². The fourth-order valence-electron chi connectivity index (χ4n) is 4.14. The lowest BCUT2D eigenvalue weighted by atomic mass is 9.90. The molecule has 2 rings (SSSR count). The van der Waals surface area contributed by atoms with Gasteiger partial charge in [-0.05, 0) is 43.4 Å². The van der Waals surface area contributed by atoms with Crippen molar-refractivity contribution in [2.24, 2.45) is 23.7 Å². The highest BCUT2D eigenvalue weighted by molar-refractivity contribution is 5.04. The summed E-state index contributed by atoms with van der Waals surface area (Å²) in [4.78, 5) is 0. The van der Waals surface area contributed by atoms with Gasteiger partial charge in [0.15, 0.2) is 0 Å². The summed E-state index contributed by atoms with van der Waals surface area (Å²) in [6.45, 7) is 4.29. The minimum Gasteiger partial charge on any atom is -0.393 e. The van der Waals surface area contributed by atoms with Crippen LogP contribution in [0.2, 0.25) is 0 Å². The highest BCUT2D eigenvalue weighted by Gasteiger charge is 2.43. The van der Waals surface area contributed by atoms with Gasteiger partial charge in [0.2, 0.25) is 0 Å². The Morgan fingerprint density at radius 3 is 2.84 bits per heavy atom. The topological polar surface area (TPSA) is 40.5 Å². The number of aliphatic hydroxyl groups is 2. The molecule has 0 aromatic heterocycles. The second kappa shape index (κ2) is 6.90. The Morgan fingerprint density at radius 2 is 2.11 bits per heavy atom. The predicted molar refractivity (Wildman–Crippen MR) is 78.8 cm³/mol. The molecule has 0 spiro atoms. The third kappa shape index (κ3) is 3.61. The summed E-state index contributed by atoms with van der Waals surface area (Å²) in [5.74, 6) is 2.19. The molecule has 2 N–H and O–H groups in total. The van der Waals surface area contributed by atoms with Crippen LogP contribution in [0.1, 0.15) is 58.8 Å². The molecule has 0 heterocycles. The molecule has 0 aromatic carbocycles. The van der Waals surface area contributed by atoms with Crippen molar-refractivity contribution in [3.63, 3.8) is 0 Å². The quantitative estimate of drug-likeness (QED) is 0.722. The molecule has 0 radical (unpaired) electrons. The van der Waals surface area contributed by atoms with E-state index in [1.54, 1.807) is 0 Å². The lowest BCUT2D eigenvalue weighted by Gasteiger charge is -2.19. The number of aliphatic hydroxyl groups excluding tert-OH is 2. The summed E-state index contributed by atoms with van der Waals surface area (Å²) < 4.78 is 0. The molecular weight excluding hydrogens is 236 g/mol. The van der Waals surface area contributed by atoms with Crippen molar-refractivity contribution < 1.29 is 10.2 Å². The molecular formula is C17H30O2. The van der Waals surface area contributed by atoms with Gasteiger partial charge in [-0.25, -0.2) is 0 Å². The van der Waals surface area contributed by atoms with Crippen molar-refractivity contribution in [3.8, 4) is 0 Å². The van der Waals surface area contributed by atoms with Crippen LogP contribution >= 0.6 is 0 Å². The predicted octanol–water partition coefficient (Wildman–Crippen LogP) is 3.53. The summed E-state index contributed by atoms with van der Waals surface area (Å²) in [6.07, 6.45) is 11.8. The van der Waals surface area contributed by atoms with E-state index in [0.29, 0.717) is 17.8 Å². The molecule has 2 heteroatoms. The maximum atomic E-state index is 10.1. The molecule has 2 unspecified atom stereocenters. The number of fused-ring (bicyclic) bond motifs is 1. The average Bonchev–Trinajstić information content (AvgIpc) is 2.92. The van der Waals surface area contributed by atoms with E-state index >= 15 is 0 Å². The summed E-state index contributed by atoms with van der Waals surface area (Å²) in [5, 5.41) is 20.2. The highest BCUT2D eigenvalue weighted by Crippen LogP contribution is 2.48. The van der Waals surface area contributed by atoms with Crippen LogP contribution in [0.4, 0.5) is 0 Å². The minimum atomic E-state index is -0.228. The molecule has 0 bridgehead atoms. The van der Waals surface area contributed by atoms with E-state index in [4.69, 9.17) is 0 Å². The second-order valence-corrected chi connectivity index (χ2v) is 6.73. The van der Waals surface area contributed by atoms with Crippen LogP contribution in [-0.4, -0.2) is 22.4 Å². The van der Waals surface area contributed by atoms with E-state index in [1.807, 2.05) is 0 Å². The van der Waals surface area contributed by atoms with Gasteiger partial charge in [-0.1, -0.05) is 45.3 Å². The average molecular weight is 266 g/mol. The lowest BCUT2D eigenvalue weighted by molar-refractivity contribution is 0.113. The van der Waals surface area contributed by atoms with Gasteiger partial charge in [-0.3, -0.25) is 0 Å². The molecule has 2 nitrogen and oxygen atoms in total. The molecule has 0 amide bonds. The van der Waals surface area contributed by atoms with Crippen LogP contribution in [0, 0.1) is 23.7 Å². The second-order valence-electron chi connectivity index (χ2n) is 6.73. The molecule has 0 aromatic rings. The molecule has 110 valence electrons. The van der Waals surface area contributed by atoms with Crippen molar-refractivity contribution in [3.05, 3.63) is 12.2 Å². The first-order valence-electron chi connectivity index (χ1n) is 8.16. The van der Waals surface area contributed by atoms with Crippen LogP contribution in [0.5, 0.6) is 0 Å². The van der Waals surface area contributed by atoms with Crippen LogP contribution in [0.3, 0.4) is 0 Å². The number of hydrogen-bond acceptors (Lipinski definition) is 2. The fraction of sp³-hybridized carbons (Fsp3) is 0.882. The standard InChI is InChI=1S/C17H30O2/c1-3-6-12(2)16(18)10-5-9-15-14-8-4-7-13(14)11-17(15)19/h5,9,12-19H,3-4,6-8,10-11H2,1-2H3/t12?,13-,14-,15-,16?,17+/m0/s1. The molecule has 2 aliphatic carbocycles.